The average molecular weight is 391 g/mol. The van der Waals surface area contributed by atoms with Gasteiger partial charge < -0.3 is 14.5 Å². The smallest absolute Gasteiger partial charge is 0.248 e. The second-order valence-electron chi connectivity index (χ2n) is 6.31. The van der Waals surface area contributed by atoms with E-state index in [2.05, 4.69) is 5.16 Å². The molecule has 1 unspecified atom stereocenters. The first-order valence-electron chi connectivity index (χ1n) is 8.55. The van der Waals surface area contributed by atoms with Crippen LogP contribution in [0.4, 0.5) is 4.39 Å². The number of carbonyl (C=O) groups excluding carboxylic acids is 1. The predicted molar refractivity (Wildman–Crippen MR) is 101 cm³/mol. The zero-order chi connectivity index (χ0) is 19.2. The summed E-state index contributed by atoms with van der Waals surface area (Å²) in [7, 11) is 1.48. The van der Waals surface area contributed by atoms with Gasteiger partial charge in [-0.05, 0) is 35.4 Å². The van der Waals surface area contributed by atoms with Gasteiger partial charge in [0.25, 0.3) is 0 Å². The first kappa shape index (κ1) is 19.3. The molecule has 1 aliphatic heterocycles. The Labute approximate surface area is 162 Å². The molecule has 0 bridgehead atoms. The molecule has 7 heteroatoms. The van der Waals surface area contributed by atoms with E-state index >= 15 is 0 Å². The number of benzene rings is 2. The number of hydrogen-bond donors (Lipinski definition) is 0. The summed E-state index contributed by atoms with van der Waals surface area (Å²) in [5, 5.41) is 4.72. The molecule has 0 fully saturated rings. The van der Waals surface area contributed by atoms with Crippen molar-refractivity contribution in [1.29, 1.82) is 0 Å². The maximum Gasteiger partial charge on any atom is 0.248 e. The highest BCUT2D eigenvalue weighted by molar-refractivity contribution is 6.30. The Balaban J connectivity index is 1.66. The molecule has 0 saturated heterocycles. The lowest BCUT2D eigenvalue weighted by Crippen LogP contribution is -2.39. The first-order valence-corrected chi connectivity index (χ1v) is 8.92. The van der Waals surface area contributed by atoms with Crippen molar-refractivity contribution in [1.82, 2.24) is 4.90 Å². The quantitative estimate of drug-likeness (QED) is 0.725. The van der Waals surface area contributed by atoms with E-state index in [1.807, 2.05) is 18.2 Å². The van der Waals surface area contributed by atoms with E-state index in [4.69, 9.17) is 21.2 Å². The number of methoxy groups -OCH3 is 1. The van der Waals surface area contributed by atoms with Crippen LogP contribution in [0.5, 0.6) is 0 Å². The minimum atomic E-state index is -0.298. The van der Waals surface area contributed by atoms with Crippen molar-refractivity contribution in [2.45, 2.75) is 19.1 Å². The van der Waals surface area contributed by atoms with Gasteiger partial charge in [-0.25, -0.2) is 4.39 Å². The fraction of sp³-hybridized carbons (Fsp3) is 0.300. The van der Waals surface area contributed by atoms with Gasteiger partial charge in [0.1, 0.15) is 12.4 Å². The van der Waals surface area contributed by atoms with Crippen molar-refractivity contribution in [2.75, 3.05) is 20.3 Å². The second kappa shape index (κ2) is 8.97. The van der Waals surface area contributed by atoms with Gasteiger partial charge in [-0.2, -0.15) is 0 Å². The van der Waals surface area contributed by atoms with Crippen LogP contribution in [0.25, 0.3) is 0 Å². The largest absolute Gasteiger partial charge is 0.390 e. The maximum absolute atomic E-state index is 13.1. The normalized spacial score (nSPS) is 16.0. The molecule has 2 aromatic carbocycles. The van der Waals surface area contributed by atoms with Crippen molar-refractivity contribution < 1.29 is 18.8 Å². The molecule has 0 aliphatic carbocycles. The summed E-state index contributed by atoms with van der Waals surface area (Å²) in [6.45, 7) is 0.746. The van der Waals surface area contributed by atoms with E-state index < -0.39 is 0 Å². The number of ether oxygens (including phenoxy) is 1. The number of rotatable bonds is 7. The number of nitrogens with zero attached hydrogens (tertiary/aromatic N) is 2. The van der Waals surface area contributed by atoms with Crippen LogP contribution >= 0.6 is 11.6 Å². The highest BCUT2D eigenvalue weighted by atomic mass is 35.5. The summed E-state index contributed by atoms with van der Waals surface area (Å²) in [4.78, 5) is 19.6. The van der Waals surface area contributed by atoms with Gasteiger partial charge in [-0.1, -0.05) is 41.0 Å². The van der Waals surface area contributed by atoms with Crippen LogP contribution in [0.3, 0.4) is 0 Å². The van der Waals surface area contributed by atoms with E-state index in [0.717, 1.165) is 16.8 Å². The summed E-state index contributed by atoms with van der Waals surface area (Å²) in [6.07, 6.45) is 0.267. The number of amides is 1. The Morgan fingerprint density at radius 3 is 2.81 bits per heavy atom. The van der Waals surface area contributed by atoms with Gasteiger partial charge in [-0.15, -0.1) is 0 Å². The van der Waals surface area contributed by atoms with Gasteiger partial charge in [0.2, 0.25) is 5.91 Å². The molecule has 0 aromatic heterocycles. The Morgan fingerprint density at radius 1 is 1.33 bits per heavy atom. The zero-order valence-electron chi connectivity index (χ0n) is 14.9. The Hall–Kier alpha value is -2.44. The SMILES string of the molecule is COCC(=O)N(Cc1cccc(Cl)c1)CC1CC(c2ccc(F)cc2)=NO1. The minimum Gasteiger partial charge on any atom is -0.390 e. The highest BCUT2D eigenvalue weighted by Gasteiger charge is 2.27. The van der Waals surface area contributed by atoms with Gasteiger partial charge >= 0.3 is 0 Å². The molecule has 0 N–H and O–H groups in total. The van der Waals surface area contributed by atoms with Crippen LogP contribution in [0.2, 0.25) is 5.02 Å². The van der Waals surface area contributed by atoms with Crippen molar-refractivity contribution in [3.8, 4) is 0 Å². The Morgan fingerprint density at radius 2 is 2.11 bits per heavy atom. The molecule has 1 aliphatic rings. The third kappa shape index (κ3) is 5.28. The molecule has 1 amide bonds. The van der Waals surface area contributed by atoms with Gasteiger partial charge in [-0.3, -0.25) is 4.79 Å². The molecule has 3 rings (SSSR count). The summed E-state index contributed by atoms with van der Waals surface area (Å²) < 4.78 is 18.1. The van der Waals surface area contributed by atoms with E-state index in [1.165, 1.54) is 19.2 Å². The van der Waals surface area contributed by atoms with Crippen LogP contribution < -0.4 is 0 Å². The number of halogens is 2. The molecular formula is C20H20ClFN2O3. The Bertz CT molecular complexity index is 826. The van der Waals surface area contributed by atoms with Crippen molar-refractivity contribution >= 4 is 23.2 Å². The molecule has 27 heavy (non-hydrogen) atoms. The topological polar surface area (TPSA) is 51.1 Å². The molecule has 0 saturated carbocycles. The summed E-state index contributed by atoms with van der Waals surface area (Å²) >= 11 is 6.04. The summed E-state index contributed by atoms with van der Waals surface area (Å²) in [5.41, 5.74) is 2.47. The fourth-order valence-electron chi connectivity index (χ4n) is 2.91. The standard InChI is InChI=1S/C20H20ClFN2O3/c1-26-13-20(25)24(11-14-3-2-4-16(21)9-14)12-18-10-19(23-27-18)15-5-7-17(22)8-6-15/h2-9,18H,10-13H2,1H3. The fourth-order valence-corrected chi connectivity index (χ4v) is 3.12. The number of carbonyl (C=O) groups is 1. The third-order valence-electron chi connectivity index (χ3n) is 4.22. The first-order chi connectivity index (χ1) is 13.0. The van der Waals surface area contributed by atoms with Crippen LogP contribution in [0.1, 0.15) is 17.5 Å². The molecule has 0 radical (unpaired) electrons. The monoisotopic (exact) mass is 390 g/mol. The number of oxime groups is 1. The molecule has 1 heterocycles. The highest BCUT2D eigenvalue weighted by Crippen LogP contribution is 2.20. The van der Waals surface area contributed by atoms with Crippen LogP contribution in [-0.4, -0.2) is 42.9 Å². The Kier molecular flexibility index (Phi) is 6.42. The lowest BCUT2D eigenvalue weighted by atomic mass is 10.0. The van der Waals surface area contributed by atoms with E-state index in [-0.39, 0.29) is 24.4 Å². The van der Waals surface area contributed by atoms with Crippen LogP contribution in [-0.2, 0) is 20.9 Å². The summed E-state index contributed by atoms with van der Waals surface area (Å²) in [5.74, 6) is -0.441. The third-order valence-corrected chi connectivity index (χ3v) is 4.45. The summed E-state index contributed by atoms with van der Waals surface area (Å²) in [6, 6.07) is 13.5. The van der Waals surface area contributed by atoms with E-state index in [9.17, 15) is 9.18 Å². The van der Waals surface area contributed by atoms with Gasteiger partial charge in [0.05, 0.1) is 12.3 Å². The van der Waals surface area contributed by atoms with Crippen molar-refractivity contribution in [3.63, 3.8) is 0 Å². The molecule has 142 valence electrons. The van der Waals surface area contributed by atoms with Crippen LogP contribution in [0, 0.1) is 5.82 Å². The van der Waals surface area contributed by atoms with Crippen LogP contribution in [0.15, 0.2) is 53.7 Å². The van der Waals surface area contributed by atoms with Crippen molar-refractivity contribution in [3.05, 3.63) is 70.5 Å². The predicted octanol–water partition coefficient (Wildman–Crippen LogP) is 3.65. The second-order valence-corrected chi connectivity index (χ2v) is 6.75. The average Bonchev–Trinajstić information content (AvgIpc) is 3.10. The molecule has 0 spiro atoms. The lowest BCUT2D eigenvalue weighted by molar-refractivity contribution is -0.137. The van der Waals surface area contributed by atoms with Gasteiger partial charge in [0, 0.05) is 25.1 Å². The maximum atomic E-state index is 13.1. The molecule has 2 aromatic rings. The van der Waals surface area contributed by atoms with E-state index in [1.54, 1.807) is 23.1 Å². The van der Waals surface area contributed by atoms with Gasteiger partial charge in [0.15, 0.2) is 6.10 Å². The van der Waals surface area contributed by atoms with E-state index in [0.29, 0.717) is 24.5 Å². The molecular weight excluding hydrogens is 371 g/mol. The lowest BCUT2D eigenvalue weighted by Gasteiger charge is -2.25. The molecule has 5 nitrogen and oxygen atoms in total. The molecule has 1 atom stereocenters. The minimum absolute atomic E-state index is 0.0149. The number of hydrogen-bond acceptors (Lipinski definition) is 4. The zero-order valence-corrected chi connectivity index (χ0v) is 15.7. The van der Waals surface area contributed by atoms with Crippen molar-refractivity contribution in [2.24, 2.45) is 5.16 Å².